The van der Waals surface area contributed by atoms with Gasteiger partial charge in [-0.05, 0) is 17.9 Å². The fraction of sp³-hybridized carbons (Fsp3) is 0.111. The number of hydrogen-bond donors (Lipinski definition) is 1. The summed E-state index contributed by atoms with van der Waals surface area (Å²) in [6, 6.07) is 4.19. The van der Waals surface area contributed by atoms with Crippen LogP contribution in [0.15, 0.2) is 29.9 Å². The molecule has 0 aliphatic heterocycles. The lowest BCUT2D eigenvalue weighted by Crippen LogP contribution is -1.87. The van der Waals surface area contributed by atoms with Crippen molar-refractivity contribution in [2.24, 2.45) is 0 Å². The Morgan fingerprint density at radius 2 is 2.58 bits per heavy atom. The number of aromatic amines is 1. The summed E-state index contributed by atoms with van der Waals surface area (Å²) in [5, 5.41) is 2.09. The minimum absolute atomic E-state index is 0.948. The lowest BCUT2D eigenvalue weighted by atomic mass is 10.2. The first-order valence-electron chi connectivity index (χ1n) is 3.80. The first-order chi connectivity index (χ1) is 5.95. The molecule has 2 rings (SSSR count). The van der Waals surface area contributed by atoms with Crippen LogP contribution in [0.1, 0.15) is 10.7 Å². The molecule has 2 aromatic rings. The summed E-state index contributed by atoms with van der Waals surface area (Å²) in [5.41, 5.74) is 0. The standard InChI is InChI=1S/C9H9N2S/c1-2-8(12-7-1)3-4-9-10-5-6-11-9/h1-2,4-7H,3H2,(H,10,11). The molecule has 0 atom stereocenters. The Hall–Kier alpha value is -1.09. The van der Waals surface area contributed by atoms with Crippen molar-refractivity contribution in [3.8, 4) is 0 Å². The second-order valence-corrected chi connectivity index (χ2v) is 3.49. The van der Waals surface area contributed by atoms with Crippen molar-refractivity contribution < 1.29 is 0 Å². The molecule has 0 unspecified atom stereocenters. The maximum Gasteiger partial charge on any atom is 0.110 e. The van der Waals surface area contributed by atoms with Gasteiger partial charge in [-0.1, -0.05) is 6.07 Å². The maximum atomic E-state index is 4.11. The van der Waals surface area contributed by atoms with Gasteiger partial charge in [-0.25, -0.2) is 4.98 Å². The first-order valence-corrected chi connectivity index (χ1v) is 4.68. The highest BCUT2D eigenvalue weighted by Crippen LogP contribution is 2.11. The molecule has 0 amide bonds. The molecule has 12 heavy (non-hydrogen) atoms. The van der Waals surface area contributed by atoms with Crippen molar-refractivity contribution in [1.82, 2.24) is 9.97 Å². The van der Waals surface area contributed by atoms with Crippen LogP contribution < -0.4 is 0 Å². The van der Waals surface area contributed by atoms with Crippen LogP contribution >= 0.6 is 11.3 Å². The number of rotatable bonds is 3. The van der Waals surface area contributed by atoms with Crippen LogP contribution in [0.4, 0.5) is 0 Å². The Bertz CT molecular complexity index is 276. The molecule has 0 saturated carbocycles. The third kappa shape index (κ3) is 1.74. The van der Waals surface area contributed by atoms with Gasteiger partial charge in [0.05, 0.1) is 0 Å². The molecule has 0 aliphatic carbocycles. The monoisotopic (exact) mass is 177 g/mol. The van der Waals surface area contributed by atoms with Gasteiger partial charge in [0.2, 0.25) is 0 Å². The Kier molecular flexibility index (Phi) is 2.23. The smallest absolute Gasteiger partial charge is 0.110 e. The third-order valence-electron chi connectivity index (χ3n) is 1.60. The van der Waals surface area contributed by atoms with Gasteiger partial charge in [0.25, 0.3) is 0 Å². The van der Waals surface area contributed by atoms with Gasteiger partial charge in [-0.3, -0.25) is 0 Å². The van der Waals surface area contributed by atoms with Gasteiger partial charge >= 0.3 is 0 Å². The zero-order valence-corrected chi connectivity index (χ0v) is 7.34. The van der Waals surface area contributed by atoms with Gasteiger partial charge in [-0.2, -0.15) is 0 Å². The highest BCUT2D eigenvalue weighted by Gasteiger charge is 1.97. The molecule has 0 aromatic carbocycles. The van der Waals surface area contributed by atoms with Gasteiger partial charge < -0.3 is 4.98 Å². The van der Waals surface area contributed by atoms with Crippen LogP contribution in [0.25, 0.3) is 0 Å². The first kappa shape index (κ1) is 7.55. The molecule has 0 bridgehead atoms. The van der Waals surface area contributed by atoms with Gasteiger partial charge in [0.15, 0.2) is 0 Å². The minimum atomic E-state index is 0.948. The van der Waals surface area contributed by atoms with Crippen molar-refractivity contribution in [1.29, 1.82) is 0 Å². The molecule has 3 heteroatoms. The van der Waals surface area contributed by atoms with E-state index in [-0.39, 0.29) is 0 Å². The molecular weight excluding hydrogens is 168 g/mol. The Morgan fingerprint density at radius 1 is 1.58 bits per heavy atom. The summed E-state index contributed by atoms with van der Waals surface area (Å²) in [4.78, 5) is 8.51. The topological polar surface area (TPSA) is 28.7 Å². The second-order valence-electron chi connectivity index (χ2n) is 2.46. The highest BCUT2D eigenvalue weighted by atomic mass is 32.1. The van der Waals surface area contributed by atoms with E-state index in [9.17, 15) is 0 Å². The van der Waals surface area contributed by atoms with Crippen molar-refractivity contribution in [3.05, 3.63) is 47.0 Å². The van der Waals surface area contributed by atoms with E-state index in [0.29, 0.717) is 0 Å². The highest BCUT2D eigenvalue weighted by molar-refractivity contribution is 7.09. The zero-order chi connectivity index (χ0) is 8.23. The van der Waals surface area contributed by atoms with E-state index >= 15 is 0 Å². The fourth-order valence-corrected chi connectivity index (χ4v) is 1.68. The van der Waals surface area contributed by atoms with E-state index < -0.39 is 0 Å². The number of nitrogens with zero attached hydrogens (tertiary/aromatic N) is 1. The Morgan fingerprint density at radius 3 is 3.25 bits per heavy atom. The lowest BCUT2D eigenvalue weighted by Gasteiger charge is -1.92. The third-order valence-corrected chi connectivity index (χ3v) is 2.49. The number of nitrogens with one attached hydrogen (secondary N) is 1. The predicted molar refractivity (Wildman–Crippen MR) is 50.0 cm³/mol. The van der Waals surface area contributed by atoms with E-state index in [1.807, 2.05) is 6.20 Å². The van der Waals surface area contributed by atoms with Crippen LogP contribution in [0.5, 0.6) is 0 Å². The Balaban J connectivity index is 1.91. The number of imidazole rings is 1. The average Bonchev–Trinajstić information content (AvgIpc) is 2.74. The molecular formula is C9H9N2S. The molecule has 1 N–H and O–H groups in total. The molecule has 0 spiro atoms. The van der Waals surface area contributed by atoms with Crippen LogP contribution in [-0.4, -0.2) is 9.97 Å². The normalized spacial score (nSPS) is 10.3. The van der Waals surface area contributed by atoms with Crippen LogP contribution in [-0.2, 0) is 6.42 Å². The molecule has 0 saturated heterocycles. The fourth-order valence-electron chi connectivity index (χ4n) is 1.02. The molecule has 2 aromatic heterocycles. The molecule has 0 aliphatic rings. The molecule has 1 radical (unpaired) electrons. The van der Waals surface area contributed by atoms with E-state index in [1.54, 1.807) is 17.5 Å². The number of aromatic nitrogens is 2. The van der Waals surface area contributed by atoms with Crippen LogP contribution in [0, 0.1) is 6.42 Å². The lowest BCUT2D eigenvalue weighted by molar-refractivity contribution is 1.08. The zero-order valence-electron chi connectivity index (χ0n) is 6.53. The van der Waals surface area contributed by atoms with Crippen LogP contribution in [0.3, 0.4) is 0 Å². The summed E-state index contributed by atoms with van der Waals surface area (Å²) < 4.78 is 0. The summed E-state index contributed by atoms with van der Waals surface area (Å²) in [5.74, 6) is 0.948. The average molecular weight is 177 g/mol. The predicted octanol–water partition coefficient (Wildman–Crippen LogP) is 2.27. The summed E-state index contributed by atoms with van der Waals surface area (Å²) in [6.45, 7) is 0. The minimum Gasteiger partial charge on any atom is -0.348 e. The molecule has 2 nitrogen and oxygen atoms in total. The maximum absolute atomic E-state index is 4.11. The quantitative estimate of drug-likeness (QED) is 0.765. The van der Waals surface area contributed by atoms with Crippen molar-refractivity contribution >= 4 is 11.3 Å². The van der Waals surface area contributed by atoms with Crippen molar-refractivity contribution in [2.45, 2.75) is 6.42 Å². The Labute approximate surface area is 75.3 Å². The van der Waals surface area contributed by atoms with E-state index in [1.165, 1.54) is 4.88 Å². The summed E-state index contributed by atoms with van der Waals surface area (Å²) in [6.07, 6.45) is 6.65. The molecule has 61 valence electrons. The summed E-state index contributed by atoms with van der Waals surface area (Å²) >= 11 is 1.77. The molecule has 2 heterocycles. The van der Waals surface area contributed by atoms with Gasteiger partial charge in [0, 0.05) is 23.7 Å². The summed E-state index contributed by atoms with van der Waals surface area (Å²) in [7, 11) is 0. The number of H-pyrrole nitrogens is 1. The van der Waals surface area contributed by atoms with E-state index in [4.69, 9.17) is 0 Å². The SMILES string of the molecule is [CH](Cc1cccs1)c1ncc[nH]1. The van der Waals surface area contributed by atoms with E-state index in [2.05, 4.69) is 33.9 Å². The van der Waals surface area contributed by atoms with Gasteiger partial charge in [-0.15, -0.1) is 11.3 Å². The van der Waals surface area contributed by atoms with Crippen molar-refractivity contribution in [2.75, 3.05) is 0 Å². The largest absolute Gasteiger partial charge is 0.348 e. The van der Waals surface area contributed by atoms with Crippen LogP contribution in [0.2, 0.25) is 0 Å². The van der Waals surface area contributed by atoms with Crippen molar-refractivity contribution in [3.63, 3.8) is 0 Å². The second kappa shape index (κ2) is 3.54. The number of hydrogen-bond acceptors (Lipinski definition) is 2. The van der Waals surface area contributed by atoms with Gasteiger partial charge in [0.1, 0.15) is 5.82 Å². The van der Waals surface area contributed by atoms with E-state index in [0.717, 1.165) is 12.2 Å². The molecule has 0 fully saturated rings. The number of thiophene rings is 1.